The highest BCUT2D eigenvalue weighted by molar-refractivity contribution is 8.93. The van der Waals surface area contributed by atoms with Crippen LogP contribution in [0.4, 0.5) is 0 Å². The molecule has 0 aliphatic heterocycles. The van der Waals surface area contributed by atoms with Crippen LogP contribution >= 0.6 is 17.0 Å². The first-order valence-electron chi connectivity index (χ1n) is 9.25. The highest BCUT2D eigenvalue weighted by atomic mass is 79.9. The van der Waals surface area contributed by atoms with Crippen LogP contribution in [0, 0.1) is 0 Å². The predicted octanol–water partition coefficient (Wildman–Crippen LogP) is 2.11. The van der Waals surface area contributed by atoms with Gasteiger partial charge in [0.15, 0.2) is 5.60 Å². The molecule has 2 aromatic rings. The van der Waals surface area contributed by atoms with Gasteiger partial charge in [-0.25, -0.2) is 0 Å². The van der Waals surface area contributed by atoms with Gasteiger partial charge in [-0.1, -0.05) is 74.0 Å². The van der Waals surface area contributed by atoms with Crippen LogP contribution in [0.5, 0.6) is 0 Å². The SMILES string of the molecule is Br.CCCC[N+](C)(C)CCO.O=C([O-])C(O)(c1ccccc1)c1ccccc1. The summed E-state index contributed by atoms with van der Waals surface area (Å²) in [6.45, 7) is 4.55. The lowest BCUT2D eigenvalue weighted by Crippen LogP contribution is -2.46. The van der Waals surface area contributed by atoms with Gasteiger partial charge in [0.05, 0.1) is 33.2 Å². The number of nitrogens with zero attached hydrogens (tertiary/aromatic N) is 1. The number of halogens is 1. The average Bonchev–Trinajstić information content (AvgIpc) is 2.67. The van der Waals surface area contributed by atoms with E-state index in [4.69, 9.17) is 5.11 Å². The fourth-order valence-corrected chi connectivity index (χ4v) is 2.73. The van der Waals surface area contributed by atoms with Gasteiger partial charge in [-0.15, -0.1) is 17.0 Å². The third-order valence-corrected chi connectivity index (χ3v) is 4.50. The number of hydrogen-bond acceptors (Lipinski definition) is 4. The van der Waals surface area contributed by atoms with Gasteiger partial charge in [-0.2, -0.15) is 0 Å². The Labute approximate surface area is 178 Å². The molecule has 0 atom stereocenters. The van der Waals surface area contributed by atoms with E-state index >= 15 is 0 Å². The molecule has 2 aromatic carbocycles. The van der Waals surface area contributed by atoms with Crippen molar-refractivity contribution in [1.82, 2.24) is 0 Å². The van der Waals surface area contributed by atoms with E-state index < -0.39 is 11.6 Å². The third kappa shape index (κ3) is 7.72. The maximum absolute atomic E-state index is 11.3. The van der Waals surface area contributed by atoms with E-state index in [0.29, 0.717) is 6.61 Å². The first kappa shape index (κ1) is 26.3. The molecule has 156 valence electrons. The quantitative estimate of drug-likeness (QED) is 0.599. The summed E-state index contributed by atoms with van der Waals surface area (Å²) >= 11 is 0. The molecule has 0 saturated carbocycles. The number of carboxylic acids is 1. The Kier molecular flexibility index (Phi) is 11.9. The van der Waals surface area contributed by atoms with E-state index in [0.717, 1.165) is 11.0 Å². The summed E-state index contributed by atoms with van der Waals surface area (Å²) in [6, 6.07) is 16.4. The van der Waals surface area contributed by atoms with Crippen molar-refractivity contribution in [3.05, 3.63) is 71.8 Å². The number of aliphatic hydroxyl groups excluding tert-OH is 1. The Morgan fingerprint density at radius 2 is 1.39 bits per heavy atom. The largest absolute Gasteiger partial charge is 0.546 e. The molecule has 0 aromatic heterocycles. The van der Waals surface area contributed by atoms with Gasteiger partial charge >= 0.3 is 0 Å². The Morgan fingerprint density at radius 1 is 0.964 bits per heavy atom. The Hall–Kier alpha value is -1.73. The number of aliphatic carboxylic acids is 1. The Bertz CT molecular complexity index is 638. The van der Waals surface area contributed by atoms with Crippen LogP contribution < -0.4 is 5.11 Å². The number of hydrogen-bond donors (Lipinski definition) is 2. The molecule has 0 radical (unpaired) electrons. The van der Waals surface area contributed by atoms with Gasteiger partial charge in [-0.05, 0) is 17.5 Å². The molecular weight excluding hydrogens is 422 g/mol. The number of likely N-dealkylation sites (N-methyl/N-ethyl adjacent to an activating group) is 1. The van der Waals surface area contributed by atoms with Gasteiger partial charge in [-0.3, -0.25) is 0 Å². The second kappa shape index (κ2) is 12.7. The minimum Gasteiger partial charge on any atom is -0.546 e. The maximum Gasteiger partial charge on any atom is 0.154 e. The summed E-state index contributed by atoms with van der Waals surface area (Å²) < 4.78 is 0.949. The lowest BCUT2D eigenvalue weighted by atomic mass is 9.86. The zero-order valence-corrected chi connectivity index (χ0v) is 18.6. The molecule has 0 spiro atoms. The number of carboxylic acid groups (broad SMARTS) is 1. The van der Waals surface area contributed by atoms with Gasteiger partial charge in [0.2, 0.25) is 0 Å². The highest BCUT2D eigenvalue weighted by Crippen LogP contribution is 2.28. The topological polar surface area (TPSA) is 80.6 Å². The summed E-state index contributed by atoms with van der Waals surface area (Å²) in [5.74, 6) is -1.53. The molecule has 0 heterocycles. The number of quaternary nitrogens is 1. The van der Waals surface area contributed by atoms with Crippen molar-refractivity contribution >= 4 is 23.0 Å². The van der Waals surface area contributed by atoms with Crippen LogP contribution in [0.3, 0.4) is 0 Å². The van der Waals surface area contributed by atoms with E-state index in [1.54, 1.807) is 60.7 Å². The number of aliphatic hydroxyl groups is 2. The molecule has 2 rings (SSSR count). The number of benzene rings is 2. The van der Waals surface area contributed by atoms with E-state index in [9.17, 15) is 15.0 Å². The lowest BCUT2D eigenvalue weighted by molar-refractivity contribution is -0.890. The Balaban J connectivity index is 0.000000577. The van der Waals surface area contributed by atoms with Crippen molar-refractivity contribution in [2.45, 2.75) is 25.4 Å². The second-order valence-electron chi connectivity index (χ2n) is 7.19. The third-order valence-electron chi connectivity index (χ3n) is 4.50. The highest BCUT2D eigenvalue weighted by Gasteiger charge is 2.32. The van der Waals surface area contributed by atoms with Crippen molar-refractivity contribution in [2.24, 2.45) is 0 Å². The molecule has 0 amide bonds. The summed E-state index contributed by atoms with van der Waals surface area (Å²) in [6.07, 6.45) is 2.50. The molecule has 28 heavy (non-hydrogen) atoms. The smallest absolute Gasteiger partial charge is 0.154 e. The van der Waals surface area contributed by atoms with Crippen LogP contribution in [-0.4, -0.2) is 54.5 Å². The number of carbonyl (C=O) groups is 1. The molecule has 0 bridgehead atoms. The van der Waals surface area contributed by atoms with E-state index in [2.05, 4.69) is 21.0 Å². The van der Waals surface area contributed by atoms with Gasteiger partial charge < -0.3 is 24.6 Å². The zero-order valence-electron chi connectivity index (χ0n) is 16.9. The van der Waals surface area contributed by atoms with Crippen molar-refractivity contribution in [1.29, 1.82) is 0 Å². The number of unbranched alkanes of at least 4 members (excludes halogenated alkanes) is 1. The first-order chi connectivity index (χ1) is 12.8. The van der Waals surface area contributed by atoms with Crippen molar-refractivity contribution in [3.63, 3.8) is 0 Å². The Morgan fingerprint density at radius 3 is 1.71 bits per heavy atom. The number of rotatable bonds is 8. The molecule has 5 nitrogen and oxygen atoms in total. The molecular formula is C22H32BrNO4. The van der Waals surface area contributed by atoms with Gasteiger partial charge in [0, 0.05) is 0 Å². The molecule has 0 aliphatic carbocycles. The molecule has 6 heteroatoms. The van der Waals surface area contributed by atoms with Gasteiger partial charge in [0.1, 0.15) is 6.54 Å². The lowest BCUT2D eigenvalue weighted by Gasteiger charge is -2.30. The standard InChI is InChI=1S/C14H12O3.C8H20NO.BrH/c15-13(16)14(17,11-7-3-1-4-8-11)12-9-5-2-6-10-12;1-4-5-6-9(2,3)7-8-10;/h1-10,17H,(H,15,16);10H,4-8H2,1-3H3;1H/q;+1;/p-1. The first-order valence-corrected chi connectivity index (χ1v) is 9.25. The fourth-order valence-electron chi connectivity index (χ4n) is 2.73. The predicted molar refractivity (Wildman–Crippen MR) is 115 cm³/mol. The summed E-state index contributed by atoms with van der Waals surface area (Å²) in [4.78, 5) is 11.3. The van der Waals surface area contributed by atoms with Gasteiger partial charge in [0.25, 0.3) is 0 Å². The van der Waals surface area contributed by atoms with Crippen molar-refractivity contribution < 1.29 is 24.6 Å². The van der Waals surface area contributed by atoms with E-state index in [-0.39, 0.29) is 28.1 Å². The van der Waals surface area contributed by atoms with Crippen LogP contribution in [0.15, 0.2) is 60.7 Å². The molecule has 0 saturated heterocycles. The van der Waals surface area contributed by atoms with Crippen LogP contribution in [0.2, 0.25) is 0 Å². The fraction of sp³-hybridized carbons (Fsp3) is 0.409. The summed E-state index contributed by atoms with van der Waals surface area (Å²) in [5, 5.41) is 30.3. The minimum atomic E-state index is -2.11. The molecule has 0 fully saturated rings. The second-order valence-corrected chi connectivity index (χ2v) is 7.19. The van der Waals surface area contributed by atoms with Crippen LogP contribution in [0.1, 0.15) is 30.9 Å². The van der Waals surface area contributed by atoms with Crippen LogP contribution in [0.25, 0.3) is 0 Å². The van der Waals surface area contributed by atoms with E-state index in [1.807, 2.05) is 0 Å². The molecule has 0 unspecified atom stereocenters. The monoisotopic (exact) mass is 453 g/mol. The zero-order chi connectivity index (χ0) is 20.3. The van der Waals surface area contributed by atoms with E-state index in [1.165, 1.54) is 19.4 Å². The van der Waals surface area contributed by atoms with Crippen molar-refractivity contribution in [3.8, 4) is 0 Å². The summed E-state index contributed by atoms with van der Waals surface area (Å²) in [7, 11) is 4.32. The molecule has 0 aliphatic rings. The maximum atomic E-state index is 11.3. The average molecular weight is 454 g/mol. The van der Waals surface area contributed by atoms with Crippen molar-refractivity contribution in [2.75, 3.05) is 33.8 Å². The van der Waals surface area contributed by atoms with Crippen LogP contribution in [-0.2, 0) is 10.4 Å². The summed E-state index contributed by atoms with van der Waals surface area (Å²) in [5.41, 5.74) is -1.54. The molecule has 2 N–H and O–H groups in total. The minimum absolute atomic E-state index is 0. The number of carbonyl (C=O) groups excluding carboxylic acids is 1. The normalized spacial score (nSPS) is 11.0.